The summed E-state index contributed by atoms with van der Waals surface area (Å²) in [5.74, 6) is 0.739. The first-order valence-electron chi connectivity index (χ1n) is 6.36. The lowest BCUT2D eigenvalue weighted by Crippen LogP contribution is -2.10. The van der Waals surface area contributed by atoms with E-state index in [4.69, 9.17) is 0 Å². The molecule has 0 amide bonds. The molecular weight excluding hydrogens is 228 g/mol. The summed E-state index contributed by atoms with van der Waals surface area (Å²) in [5.41, 5.74) is 1.49. The summed E-state index contributed by atoms with van der Waals surface area (Å²) >= 11 is 0. The number of aryl methyl sites for hydroxylation is 2. The Kier molecular flexibility index (Phi) is 3.92. The summed E-state index contributed by atoms with van der Waals surface area (Å²) in [6.45, 7) is 5.04. The van der Waals surface area contributed by atoms with Gasteiger partial charge in [0.1, 0.15) is 5.82 Å². The highest BCUT2D eigenvalue weighted by molar-refractivity contribution is 5.56. The van der Waals surface area contributed by atoms with Gasteiger partial charge in [-0.2, -0.15) is 5.10 Å². The van der Waals surface area contributed by atoms with E-state index in [9.17, 15) is 4.79 Å². The summed E-state index contributed by atoms with van der Waals surface area (Å²) in [7, 11) is 0. The van der Waals surface area contributed by atoms with Crippen molar-refractivity contribution in [2.45, 2.75) is 39.7 Å². The molecule has 2 aromatic heterocycles. The third-order valence-corrected chi connectivity index (χ3v) is 2.66. The summed E-state index contributed by atoms with van der Waals surface area (Å²) in [6, 6.07) is 1.52. The fraction of sp³-hybridized carbons (Fsp3) is 0.462. The van der Waals surface area contributed by atoms with Crippen LogP contribution in [0.3, 0.4) is 0 Å². The molecule has 0 aliphatic carbocycles. The molecule has 0 aliphatic rings. The molecule has 1 N–H and O–H groups in total. The Morgan fingerprint density at radius 3 is 2.89 bits per heavy atom. The predicted octanol–water partition coefficient (Wildman–Crippen LogP) is 2.00. The molecule has 96 valence electrons. The van der Waals surface area contributed by atoms with Crippen LogP contribution in [0.15, 0.2) is 23.3 Å². The van der Waals surface area contributed by atoms with Crippen LogP contribution in [-0.4, -0.2) is 19.7 Å². The van der Waals surface area contributed by atoms with Crippen molar-refractivity contribution in [3.63, 3.8) is 0 Å². The number of aromatic nitrogens is 4. The maximum absolute atomic E-state index is 11.6. The Balaban J connectivity index is 2.33. The Morgan fingerprint density at radius 1 is 1.33 bits per heavy atom. The normalized spacial score (nSPS) is 10.8. The van der Waals surface area contributed by atoms with Crippen molar-refractivity contribution in [3.8, 4) is 11.3 Å². The van der Waals surface area contributed by atoms with E-state index in [1.807, 2.05) is 10.9 Å². The van der Waals surface area contributed by atoms with Gasteiger partial charge in [0.15, 0.2) is 0 Å². The van der Waals surface area contributed by atoms with Crippen molar-refractivity contribution >= 4 is 0 Å². The van der Waals surface area contributed by atoms with Crippen molar-refractivity contribution in [1.82, 2.24) is 19.7 Å². The summed E-state index contributed by atoms with van der Waals surface area (Å²) in [4.78, 5) is 18.8. The Hall–Kier alpha value is -1.91. The second-order valence-corrected chi connectivity index (χ2v) is 4.32. The molecule has 5 nitrogen and oxygen atoms in total. The van der Waals surface area contributed by atoms with E-state index in [2.05, 4.69) is 28.9 Å². The molecule has 0 aromatic carbocycles. The highest BCUT2D eigenvalue weighted by Gasteiger charge is 2.06. The highest BCUT2D eigenvalue weighted by Crippen LogP contribution is 2.14. The molecule has 0 radical (unpaired) electrons. The minimum atomic E-state index is -0.105. The number of H-pyrrole nitrogens is 1. The molecule has 5 heteroatoms. The first-order chi connectivity index (χ1) is 8.72. The molecule has 2 rings (SSSR count). The number of nitrogens with zero attached hydrogens (tertiary/aromatic N) is 3. The van der Waals surface area contributed by atoms with Crippen LogP contribution in [-0.2, 0) is 13.0 Å². The van der Waals surface area contributed by atoms with Gasteiger partial charge in [-0.3, -0.25) is 9.48 Å². The van der Waals surface area contributed by atoms with Crippen LogP contribution in [0.5, 0.6) is 0 Å². The van der Waals surface area contributed by atoms with Gasteiger partial charge in [-0.25, -0.2) is 4.98 Å². The monoisotopic (exact) mass is 246 g/mol. The van der Waals surface area contributed by atoms with Gasteiger partial charge in [-0.1, -0.05) is 13.8 Å². The van der Waals surface area contributed by atoms with E-state index >= 15 is 0 Å². The third-order valence-electron chi connectivity index (χ3n) is 2.66. The second kappa shape index (κ2) is 5.62. The standard InChI is InChI=1S/C13H18N4O/c1-3-5-12-15-11(7-13(18)16-12)10-8-14-17(9-10)6-4-2/h7-9H,3-6H2,1-2H3,(H,15,16,18). The summed E-state index contributed by atoms with van der Waals surface area (Å²) < 4.78 is 1.87. The van der Waals surface area contributed by atoms with Crippen molar-refractivity contribution in [3.05, 3.63) is 34.6 Å². The average molecular weight is 246 g/mol. The van der Waals surface area contributed by atoms with Gasteiger partial charge in [0.25, 0.3) is 5.56 Å². The molecule has 0 aliphatic heterocycles. The highest BCUT2D eigenvalue weighted by atomic mass is 16.1. The van der Waals surface area contributed by atoms with Gasteiger partial charge in [-0.15, -0.1) is 0 Å². The lowest BCUT2D eigenvalue weighted by molar-refractivity contribution is 0.603. The Labute approximate surface area is 106 Å². The smallest absolute Gasteiger partial charge is 0.251 e. The fourth-order valence-corrected chi connectivity index (χ4v) is 1.86. The number of hydrogen-bond donors (Lipinski definition) is 1. The Bertz CT molecular complexity index is 570. The maximum atomic E-state index is 11.6. The SMILES string of the molecule is CCCc1nc(-c2cnn(CCC)c2)cc(=O)[nH]1. The van der Waals surface area contributed by atoms with Gasteiger partial charge >= 0.3 is 0 Å². The van der Waals surface area contributed by atoms with Gasteiger partial charge in [0.2, 0.25) is 0 Å². The predicted molar refractivity (Wildman–Crippen MR) is 70.4 cm³/mol. The van der Waals surface area contributed by atoms with Crippen LogP contribution in [0.2, 0.25) is 0 Å². The molecule has 0 fully saturated rings. The molecule has 0 saturated heterocycles. The van der Waals surface area contributed by atoms with E-state index in [1.165, 1.54) is 6.07 Å². The largest absolute Gasteiger partial charge is 0.311 e. The Morgan fingerprint density at radius 2 is 2.17 bits per heavy atom. The van der Waals surface area contributed by atoms with E-state index < -0.39 is 0 Å². The number of nitrogens with one attached hydrogen (secondary N) is 1. The minimum absolute atomic E-state index is 0.105. The molecule has 0 atom stereocenters. The van der Waals surface area contributed by atoms with Gasteiger partial charge in [0, 0.05) is 30.8 Å². The average Bonchev–Trinajstić information content (AvgIpc) is 2.78. The summed E-state index contributed by atoms with van der Waals surface area (Å²) in [5, 5.41) is 4.25. The first-order valence-corrected chi connectivity index (χ1v) is 6.36. The van der Waals surface area contributed by atoms with Crippen LogP contribution < -0.4 is 5.56 Å². The van der Waals surface area contributed by atoms with Crippen LogP contribution in [0.4, 0.5) is 0 Å². The van der Waals surface area contributed by atoms with Crippen molar-refractivity contribution in [1.29, 1.82) is 0 Å². The fourth-order valence-electron chi connectivity index (χ4n) is 1.86. The minimum Gasteiger partial charge on any atom is -0.311 e. The van der Waals surface area contributed by atoms with Gasteiger partial charge in [-0.05, 0) is 12.8 Å². The second-order valence-electron chi connectivity index (χ2n) is 4.32. The van der Waals surface area contributed by atoms with Gasteiger partial charge in [0.05, 0.1) is 11.9 Å². The first kappa shape index (κ1) is 12.5. The quantitative estimate of drug-likeness (QED) is 0.877. The van der Waals surface area contributed by atoms with Crippen molar-refractivity contribution in [2.75, 3.05) is 0 Å². The molecule has 0 spiro atoms. The lowest BCUT2D eigenvalue weighted by atomic mass is 10.2. The van der Waals surface area contributed by atoms with Crippen molar-refractivity contribution in [2.24, 2.45) is 0 Å². The van der Waals surface area contributed by atoms with Crippen LogP contribution in [0, 0.1) is 0 Å². The molecular formula is C13H18N4O. The zero-order valence-corrected chi connectivity index (χ0v) is 10.8. The maximum Gasteiger partial charge on any atom is 0.251 e. The molecule has 18 heavy (non-hydrogen) atoms. The molecule has 2 heterocycles. The van der Waals surface area contributed by atoms with E-state index in [0.717, 1.165) is 37.2 Å². The molecule has 0 bridgehead atoms. The van der Waals surface area contributed by atoms with E-state index in [1.54, 1.807) is 6.20 Å². The topological polar surface area (TPSA) is 63.6 Å². The zero-order chi connectivity index (χ0) is 13.0. The zero-order valence-electron chi connectivity index (χ0n) is 10.8. The number of aromatic amines is 1. The summed E-state index contributed by atoms with van der Waals surface area (Å²) in [6.07, 6.45) is 6.47. The van der Waals surface area contributed by atoms with Crippen LogP contribution in [0.1, 0.15) is 32.5 Å². The number of hydrogen-bond acceptors (Lipinski definition) is 3. The van der Waals surface area contributed by atoms with E-state index in [0.29, 0.717) is 5.69 Å². The van der Waals surface area contributed by atoms with Crippen molar-refractivity contribution < 1.29 is 0 Å². The lowest BCUT2D eigenvalue weighted by Gasteiger charge is -2.01. The van der Waals surface area contributed by atoms with E-state index in [-0.39, 0.29) is 5.56 Å². The molecule has 0 unspecified atom stereocenters. The molecule has 2 aromatic rings. The molecule has 0 saturated carbocycles. The van der Waals surface area contributed by atoms with Gasteiger partial charge < -0.3 is 4.98 Å². The number of rotatable bonds is 5. The van der Waals surface area contributed by atoms with Crippen LogP contribution >= 0.6 is 0 Å². The third kappa shape index (κ3) is 2.85. The van der Waals surface area contributed by atoms with Crippen LogP contribution in [0.25, 0.3) is 11.3 Å².